The highest BCUT2D eigenvalue weighted by atomic mass is 35.5. The zero-order valence-corrected chi connectivity index (χ0v) is 11.7. The first-order chi connectivity index (χ1) is 9.24. The Labute approximate surface area is 118 Å². The van der Waals surface area contributed by atoms with E-state index in [0.717, 1.165) is 25.7 Å². The van der Waals surface area contributed by atoms with Gasteiger partial charge in [0.2, 0.25) is 0 Å². The Kier molecular flexibility index (Phi) is 5.20. The number of alkyl halides is 1. The molecule has 0 saturated heterocycles. The van der Waals surface area contributed by atoms with E-state index in [4.69, 9.17) is 11.6 Å². The van der Waals surface area contributed by atoms with E-state index in [1.807, 2.05) is 0 Å². The average Bonchev–Trinajstić information content (AvgIpc) is 2.45. The molecule has 0 bridgehead atoms. The van der Waals surface area contributed by atoms with Crippen LogP contribution >= 0.6 is 11.6 Å². The summed E-state index contributed by atoms with van der Waals surface area (Å²) in [6.45, 7) is 0.486. The van der Waals surface area contributed by atoms with E-state index in [-0.39, 0.29) is 17.5 Å². The maximum absolute atomic E-state index is 13.7. The Hall–Kier alpha value is -1.09. The van der Waals surface area contributed by atoms with Crippen LogP contribution in [0.2, 0.25) is 0 Å². The van der Waals surface area contributed by atoms with Crippen LogP contribution in [0.25, 0.3) is 0 Å². The summed E-state index contributed by atoms with van der Waals surface area (Å²) in [5.41, 5.74) is 0.151. The highest BCUT2D eigenvalue weighted by Gasteiger charge is 2.27. The third kappa shape index (κ3) is 3.47. The second-order valence-corrected chi connectivity index (χ2v) is 5.34. The zero-order valence-electron chi connectivity index (χ0n) is 10.9. The van der Waals surface area contributed by atoms with E-state index in [2.05, 4.69) is 0 Å². The lowest BCUT2D eigenvalue weighted by atomic mass is 9.93. The molecule has 0 unspecified atom stereocenters. The molecule has 1 aromatic rings. The lowest BCUT2D eigenvalue weighted by molar-refractivity contribution is 0.0645. The predicted octanol–water partition coefficient (Wildman–Crippen LogP) is 3.84. The van der Waals surface area contributed by atoms with E-state index < -0.39 is 5.82 Å². The van der Waals surface area contributed by atoms with Crippen molar-refractivity contribution in [1.82, 2.24) is 4.90 Å². The van der Waals surface area contributed by atoms with Crippen LogP contribution in [0.1, 0.15) is 42.5 Å². The third-order valence-corrected chi connectivity index (χ3v) is 3.88. The molecule has 1 saturated carbocycles. The number of rotatable bonds is 4. The van der Waals surface area contributed by atoms with Crippen LogP contribution in [0.5, 0.6) is 0 Å². The highest BCUT2D eigenvalue weighted by Crippen LogP contribution is 2.24. The Morgan fingerprint density at radius 2 is 1.95 bits per heavy atom. The predicted molar refractivity (Wildman–Crippen MR) is 75.0 cm³/mol. The fraction of sp³-hybridized carbons (Fsp3) is 0.533. The normalized spacial score (nSPS) is 16.3. The van der Waals surface area contributed by atoms with Gasteiger partial charge in [0.1, 0.15) is 5.82 Å². The van der Waals surface area contributed by atoms with Crippen molar-refractivity contribution in [3.63, 3.8) is 0 Å². The summed E-state index contributed by atoms with van der Waals surface area (Å²) in [7, 11) is 0. The lowest BCUT2D eigenvalue weighted by Gasteiger charge is -2.34. The topological polar surface area (TPSA) is 20.3 Å². The first kappa shape index (κ1) is 14.3. The monoisotopic (exact) mass is 283 g/mol. The number of carbonyl (C=O) groups excluding carboxylic acids is 1. The first-order valence-electron chi connectivity index (χ1n) is 6.85. The molecule has 1 aliphatic rings. The number of hydrogen-bond acceptors (Lipinski definition) is 1. The molecule has 2 nitrogen and oxygen atoms in total. The van der Waals surface area contributed by atoms with E-state index >= 15 is 0 Å². The number of nitrogens with zero attached hydrogens (tertiary/aromatic N) is 1. The largest absolute Gasteiger partial charge is 0.334 e. The molecule has 0 spiro atoms. The Morgan fingerprint density at radius 3 is 2.58 bits per heavy atom. The molecule has 0 aromatic heterocycles. The van der Waals surface area contributed by atoms with E-state index in [9.17, 15) is 9.18 Å². The van der Waals surface area contributed by atoms with Gasteiger partial charge in [-0.1, -0.05) is 31.4 Å². The summed E-state index contributed by atoms with van der Waals surface area (Å²) in [5.74, 6) is -0.301. The van der Waals surface area contributed by atoms with Crippen LogP contribution in [-0.4, -0.2) is 29.3 Å². The first-order valence-corrected chi connectivity index (χ1v) is 7.39. The fourth-order valence-corrected chi connectivity index (χ4v) is 2.91. The maximum atomic E-state index is 13.7. The van der Waals surface area contributed by atoms with Crippen molar-refractivity contribution in [3.05, 3.63) is 35.6 Å². The van der Waals surface area contributed by atoms with Crippen molar-refractivity contribution in [2.75, 3.05) is 12.4 Å². The summed E-state index contributed by atoms with van der Waals surface area (Å²) in [6, 6.07) is 6.36. The van der Waals surface area contributed by atoms with Crippen LogP contribution < -0.4 is 0 Å². The van der Waals surface area contributed by atoms with Gasteiger partial charge in [0.15, 0.2) is 0 Å². The second kappa shape index (κ2) is 6.90. The molecule has 1 aromatic carbocycles. The number of amides is 1. The van der Waals surface area contributed by atoms with Gasteiger partial charge in [-0.25, -0.2) is 4.39 Å². The summed E-state index contributed by atoms with van der Waals surface area (Å²) >= 11 is 5.80. The van der Waals surface area contributed by atoms with Gasteiger partial charge >= 0.3 is 0 Å². The molecule has 0 aliphatic heterocycles. The SMILES string of the molecule is O=C(c1ccccc1F)N(CCCl)C1CCCCC1. The van der Waals surface area contributed by atoms with Crippen molar-refractivity contribution in [2.24, 2.45) is 0 Å². The van der Waals surface area contributed by atoms with Gasteiger partial charge in [0.05, 0.1) is 5.56 Å². The van der Waals surface area contributed by atoms with Gasteiger partial charge in [-0.2, -0.15) is 0 Å². The minimum absolute atomic E-state index is 0.151. The molecule has 4 heteroatoms. The number of halogens is 2. The van der Waals surface area contributed by atoms with Crippen LogP contribution in [-0.2, 0) is 0 Å². The maximum Gasteiger partial charge on any atom is 0.257 e. The molecule has 19 heavy (non-hydrogen) atoms. The van der Waals surface area contributed by atoms with Gasteiger partial charge in [-0.05, 0) is 25.0 Å². The molecular weight excluding hydrogens is 265 g/mol. The summed E-state index contributed by atoms with van der Waals surface area (Å²) in [4.78, 5) is 14.2. The molecular formula is C15H19ClFNO. The third-order valence-electron chi connectivity index (χ3n) is 3.71. The van der Waals surface area contributed by atoms with Crippen molar-refractivity contribution in [2.45, 2.75) is 38.1 Å². The standard InChI is InChI=1S/C15H19ClFNO/c16-10-11-18(12-6-2-1-3-7-12)15(19)13-8-4-5-9-14(13)17/h4-5,8-9,12H,1-3,6-7,10-11H2. The highest BCUT2D eigenvalue weighted by molar-refractivity contribution is 6.18. The van der Waals surface area contributed by atoms with E-state index in [1.54, 1.807) is 23.1 Å². The molecule has 1 aliphatic carbocycles. The lowest BCUT2D eigenvalue weighted by Crippen LogP contribution is -2.43. The molecule has 2 rings (SSSR count). The molecule has 1 amide bonds. The Morgan fingerprint density at radius 1 is 1.26 bits per heavy atom. The number of carbonyl (C=O) groups is 1. The second-order valence-electron chi connectivity index (χ2n) is 4.96. The van der Waals surface area contributed by atoms with Gasteiger partial charge in [-0.15, -0.1) is 11.6 Å². The van der Waals surface area contributed by atoms with E-state index in [0.29, 0.717) is 12.4 Å². The number of hydrogen-bond donors (Lipinski definition) is 0. The van der Waals surface area contributed by atoms with E-state index in [1.165, 1.54) is 12.5 Å². The fourth-order valence-electron chi connectivity index (χ4n) is 2.72. The minimum atomic E-state index is -0.456. The van der Waals surface area contributed by atoms with Gasteiger partial charge < -0.3 is 4.90 Å². The van der Waals surface area contributed by atoms with Crippen LogP contribution in [0, 0.1) is 5.82 Å². The Balaban J connectivity index is 2.18. The number of benzene rings is 1. The van der Waals surface area contributed by atoms with Crippen LogP contribution in [0.4, 0.5) is 4.39 Å². The van der Waals surface area contributed by atoms with Gasteiger partial charge in [0, 0.05) is 18.5 Å². The minimum Gasteiger partial charge on any atom is -0.334 e. The smallest absolute Gasteiger partial charge is 0.257 e. The van der Waals surface area contributed by atoms with Crippen molar-refractivity contribution < 1.29 is 9.18 Å². The van der Waals surface area contributed by atoms with Crippen LogP contribution in [0.15, 0.2) is 24.3 Å². The van der Waals surface area contributed by atoms with Crippen molar-refractivity contribution in [3.8, 4) is 0 Å². The molecule has 0 heterocycles. The summed E-state index contributed by atoms with van der Waals surface area (Å²) in [6.07, 6.45) is 5.48. The zero-order chi connectivity index (χ0) is 13.7. The Bertz CT molecular complexity index is 432. The molecule has 0 atom stereocenters. The van der Waals surface area contributed by atoms with Crippen LogP contribution in [0.3, 0.4) is 0 Å². The molecule has 0 N–H and O–H groups in total. The van der Waals surface area contributed by atoms with Crippen molar-refractivity contribution in [1.29, 1.82) is 0 Å². The average molecular weight is 284 g/mol. The summed E-state index contributed by atoms with van der Waals surface area (Å²) in [5, 5.41) is 0. The van der Waals surface area contributed by atoms with Gasteiger partial charge in [-0.3, -0.25) is 4.79 Å². The van der Waals surface area contributed by atoms with Crippen molar-refractivity contribution >= 4 is 17.5 Å². The van der Waals surface area contributed by atoms with Gasteiger partial charge in [0.25, 0.3) is 5.91 Å². The molecule has 104 valence electrons. The summed E-state index contributed by atoms with van der Waals surface area (Å²) < 4.78 is 13.7. The quantitative estimate of drug-likeness (QED) is 0.769. The molecule has 1 fully saturated rings. The molecule has 0 radical (unpaired) electrons.